The summed E-state index contributed by atoms with van der Waals surface area (Å²) in [6.45, 7) is 0. The molecule has 0 aromatic carbocycles. The average Bonchev–Trinajstić information content (AvgIpc) is 2.96. The molecule has 0 aliphatic heterocycles. The zero-order valence-electron chi connectivity index (χ0n) is 11.1. The Hall–Kier alpha value is -3.08. The SMILES string of the molecule is c1ccc(-c2nc3cccnc3n2-c2cccnc2)nc1. The van der Waals surface area contributed by atoms with Gasteiger partial charge in [-0.2, -0.15) is 0 Å². The number of nitrogens with zero attached hydrogens (tertiary/aromatic N) is 5. The maximum absolute atomic E-state index is 4.67. The first-order valence-corrected chi connectivity index (χ1v) is 6.59. The second kappa shape index (κ2) is 4.79. The summed E-state index contributed by atoms with van der Waals surface area (Å²) in [6, 6.07) is 13.5. The number of hydrogen-bond acceptors (Lipinski definition) is 4. The Morgan fingerprint density at radius 1 is 0.810 bits per heavy atom. The molecule has 0 spiro atoms. The van der Waals surface area contributed by atoms with Crippen LogP contribution >= 0.6 is 0 Å². The molecule has 0 N–H and O–H groups in total. The maximum Gasteiger partial charge on any atom is 0.165 e. The van der Waals surface area contributed by atoms with Gasteiger partial charge in [0.1, 0.15) is 11.2 Å². The van der Waals surface area contributed by atoms with Crippen LogP contribution in [0.3, 0.4) is 0 Å². The predicted molar refractivity (Wildman–Crippen MR) is 79.9 cm³/mol. The van der Waals surface area contributed by atoms with Crippen molar-refractivity contribution in [1.29, 1.82) is 0 Å². The van der Waals surface area contributed by atoms with E-state index < -0.39 is 0 Å². The van der Waals surface area contributed by atoms with Crippen LogP contribution in [0, 0.1) is 0 Å². The summed E-state index contributed by atoms with van der Waals surface area (Å²) in [5.41, 5.74) is 3.35. The third-order valence-electron chi connectivity index (χ3n) is 3.21. The number of hydrogen-bond donors (Lipinski definition) is 0. The summed E-state index contributed by atoms with van der Waals surface area (Å²) in [5.74, 6) is 0.761. The molecule has 0 aliphatic carbocycles. The molecule has 5 heteroatoms. The summed E-state index contributed by atoms with van der Waals surface area (Å²) in [6.07, 6.45) is 7.06. The molecule has 0 bridgehead atoms. The van der Waals surface area contributed by atoms with Crippen molar-refractivity contribution < 1.29 is 0 Å². The van der Waals surface area contributed by atoms with Gasteiger partial charge in [-0.15, -0.1) is 0 Å². The summed E-state index contributed by atoms with van der Waals surface area (Å²) in [5, 5.41) is 0. The van der Waals surface area contributed by atoms with Crippen LogP contribution < -0.4 is 0 Å². The fourth-order valence-corrected chi connectivity index (χ4v) is 2.31. The predicted octanol–water partition coefficient (Wildman–Crippen LogP) is 2.88. The first-order valence-electron chi connectivity index (χ1n) is 6.59. The molecule has 0 fully saturated rings. The second-order valence-corrected chi connectivity index (χ2v) is 4.54. The van der Waals surface area contributed by atoms with Gasteiger partial charge >= 0.3 is 0 Å². The van der Waals surface area contributed by atoms with E-state index in [9.17, 15) is 0 Å². The molecular formula is C16H11N5. The number of imidazole rings is 1. The Labute approximate surface area is 121 Å². The van der Waals surface area contributed by atoms with Gasteiger partial charge in [-0.25, -0.2) is 9.97 Å². The van der Waals surface area contributed by atoms with E-state index in [4.69, 9.17) is 0 Å². The molecular weight excluding hydrogens is 262 g/mol. The normalized spacial score (nSPS) is 10.9. The van der Waals surface area contributed by atoms with Crippen LogP contribution in [-0.2, 0) is 0 Å². The summed E-state index contributed by atoms with van der Waals surface area (Å²) >= 11 is 0. The molecule has 0 atom stereocenters. The second-order valence-electron chi connectivity index (χ2n) is 4.54. The molecule has 0 amide bonds. The van der Waals surface area contributed by atoms with Gasteiger partial charge in [0, 0.05) is 18.6 Å². The van der Waals surface area contributed by atoms with Crippen molar-refractivity contribution in [3.63, 3.8) is 0 Å². The van der Waals surface area contributed by atoms with E-state index in [2.05, 4.69) is 19.9 Å². The molecule has 0 saturated heterocycles. The third-order valence-corrected chi connectivity index (χ3v) is 3.21. The highest BCUT2D eigenvalue weighted by Gasteiger charge is 2.15. The lowest BCUT2D eigenvalue weighted by Gasteiger charge is -2.07. The minimum Gasteiger partial charge on any atom is -0.274 e. The molecule has 0 unspecified atom stereocenters. The lowest BCUT2D eigenvalue weighted by molar-refractivity contribution is 1.04. The Morgan fingerprint density at radius 3 is 2.52 bits per heavy atom. The van der Waals surface area contributed by atoms with Crippen LogP contribution in [0.5, 0.6) is 0 Å². The van der Waals surface area contributed by atoms with E-state index in [-0.39, 0.29) is 0 Å². The van der Waals surface area contributed by atoms with Crippen LogP contribution in [-0.4, -0.2) is 24.5 Å². The highest BCUT2D eigenvalue weighted by atomic mass is 15.1. The number of rotatable bonds is 2. The van der Waals surface area contributed by atoms with Crippen LogP contribution in [0.25, 0.3) is 28.4 Å². The monoisotopic (exact) mass is 273 g/mol. The minimum atomic E-state index is 0.761. The highest BCUT2D eigenvalue weighted by Crippen LogP contribution is 2.25. The number of pyridine rings is 3. The minimum absolute atomic E-state index is 0.761. The van der Waals surface area contributed by atoms with Crippen molar-refractivity contribution in [3.05, 3.63) is 67.3 Å². The molecule has 4 aromatic rings. The zero-order valence-corrected chi connectivity index (χ0v) is 11.1. The molecule has 0 radical (unpaired) electrons. The standard InChI is InChI=1S/C16H11N5/c1-2-9-18-13(6-1)16-20-14-7-4-10-19-15(14)21(16)12-5-3-8-17-11-12/h1-11H. The Morgan fingerprint density at radius 2 is 1.71 bits per heavy atom. The van der Waals surface area contributed by atoms with Gasteiger partial charge in [0.15, 0.2) is 11.5 Å². The summed E-state index contributed by atoms with van der Waals surface area (Å²) < 4.78 is 1.98. The highest BCUT2D eigenvalue weighted by molar-refractivity contribution is 5.78. The van der Waals surface area contributed by atoms with Crippen LogP contribution in [0.4, 0.5) is 0 Å². The van der Waals surface area contributed by atoms with E-state index >= 15 is 0 Å². The van der Waals surface area contributed by atoms with Crippen molar-refractivity contribution in [1.82, 2.24) is 24.5 Å². The maximum atomic E-state index is 4.67. The molecule has 4 aromatic heterocycles. The fourth-order valence-electron chi connectivity index (χ4n) is 2.31. The molecule has 21 heavy (non-hydrogen) atoms. The summed E-state index contributed by atoms with van der Waals surface area (Å²) in [7, 11) is 0. The summed E-state index contributed by atoms with van der Waals surface area (Å²) in [4.78, 5) is 17.7. The fraction of sp³-hybridized carbons (Fsp3) is 0. The zero-order chi connectivity index (χ0) is 14.1. The Bertz CT molecular complexity index is 884. The Kier molecular flexibility index (Phi) is 2.67. The van der Waals surface area contributed by atoms with E-state index in [0.29, 0.717) is 0 Å². The van der Waals surface area contributed by atoms with Crippen molar-refractivity contribution in [2.75, 3.05) is 0 Å². The van der Waals surface area contributed by atoms with E-state index in [1.165, 1.54) is 0 Å². The molecule has 0 aliphatic rings. The first kappa shape index (κ1) is 11.7. The quantitative estimate of drug-likeness (QED) is 0.563. The largest absolute Gasteiger partial charge is 0.274 e. The van der Waals surface area contributed by atoms with Gasteiger partial charge in [-0.3, -0.25) is 14.5 Å². The van der Waals surface area contributed by atoms with Crippen LogP contribution in [0.15, 0.2) is 67.3 Å². The van der Waals surface area contributed by atoms with Crippen molar-refractivity contribution in [2.45, 2.75) is 0 Å². The van der Waals surface area contributed by atoms with Gasteiger partial charge in [0.05, 0.1) is 11.9 Å². The van der Waals surface area contributed by atoms with Crippen molar-refractivity contribution in [3.8, 4) is 17.2 Å². The van der Waals surface area contributed by atoms with Gasteiger partial charge in [0.25, 0.3) is 0 Å². The molecule has 4 rings (SSSR count). The molecule has 4 heterocycles. The lowest BCUT2D eigenvalue weighted by Crippen LogP contribution is -1.99. The number of aromatic nitrogens is 5. The number of fused-ring (bicyclic) bond motifs is 1. The topological polar surface area (TPSA) is 56.5 Å². The Balaban J connectivity index is 2.07. The average molecular weight is 273 g/mol. The van der Waals surface area contributed by atoms with E-state index in [0.717, 1.165) is 28.4 Å². The van der Waals surface area contributed by atoms with Crippen molar-refractivity contribution >= 4 is 11.2 Å². The van der Waals surface area contributed by atoms with Gasteiger partial charge < -0.3 is 0 Å². The smallest absolute Gasteiger partial charge is 0.165 e. The van der Waals surface area contributed by atoms with Gasteiger partial charge in [-0.1, -0.05) is 6.07 Å². The van der Waals surface area contributed by atoms with Crippen molar-refractivity contribution in [2.24, 2.45) is 0 Å². The molecule has 100 valence electrons. The van der Waals surface area contributed by atoms with Crippen LogP contribution in [0.1, 0.15) is 0 Å². The van der Waals surface area contributed by atoms with E-state index in [1.807, 2.05) is 47.0 Å². The van der Waals surface area contributed by atoms with Crippen LogP contribution in [0.2, 0.25) is 0 Å². The molecule has 5 nitrogen and oxygen atoms in total. The molecule has 0 saturated carbocycles. The van der Waals surface area contributed by atoms with Gasteiger partial charge in [0.2, 0.25) is 0 Å². The lowest BCUT2D eigenvalue weighted by atomic mass is 10.3. The van der Waals surface area contributed by atoms with Gasteiger partial charge in [-0.05, 0) is 36.4 Å². The first-order chi connectivity index (χ1) is 10.4. The van der Waals surface area contributed by atoms with E-state index in [1.54, 1.807) is 24.8 Å². The third kappa shape index (κ3) is 1.95.